The summed E-state index contributed by atoms with van der Waals surface area (Å²) >= 11 is 0. The van der Waals surface area contributed by atoms with E-state index < -0.39 is 0 Å². The van der Waals surface area contributed by atoms with Gasteiger partial charge in [-0.15, -0.1) is 0 Å². The van der Waals surface area contributed by atoms with Gasteiger partial charge in [-0.05, 0) is 12.8 Å². The summed E-state index contributed by atoms with van der Waals surface area (Å²) in [5, 5.41) is 3.51. The van der Waals surface area contributed by atoms with Crippen LogP contribution in [-0.2, 0) is 4.79 Å². The highest BCUT2D eigenvalue weighted by molar-refractivity contribution is 5.78. The van der Waals surface area contributed by atoms with Crippen molar-refractivity contribution in [3.05, 3.63) is 0 Å². The Kier molecular flexibility index (Phi) is 2.05. The summed E-state index contributed by atoms with van der Waals surface area (Å²) < 4.78 is 0. The van der Waals surface area contributed by atoms with E-state index in [0.29, 0.717) is 18.5 Å². The minimum atomic E-state index is 0.284. The van der Waals surface area contributed by atoms with Gasteiger partial charge in [0.05, 0.1) is 0 Å². The largest absolute Gasteiger partial charge is 0.344 e. The van der Waals surface area contributed by atoms with E-state index in [1.165, 1.54) is 19.3 Å². The van der Waals surface area contributed by atoms with Gasteiger partial charge in [0.15, 0.2) is 0 Å². The number of rotatable bonds is 2. The monoisotopic (exact) mass is 168 g/mol. The molecule has 1 aliphatic carbocycles. The highest BCUT2D eigenvalue weighted by Crippen LogP contribution is 2.20. The lowest BCUT2D eigenvalue weighted by Crippen LogP contribution is -2.43. The minimum absolute atomic E-state index is 0.284. The second-order valence-corrected chi connectivity index (χ2v) is 3.97. The molecule has 2 rings (SSSR count). The maximum Gasteiger partial charge on any atom is 0.224 e. The van der Waals surface area contributed by atoms with Gasteiger partial charge in [-0.1, -0.05) is 6.42 Å². The molecule has 1 aliphatic heterocycles. The Hall–Kier alpha value is -0.570. The molecule has 0 aromatic heterocycles. The molecule has 1 saturated heterocycles. The molecule has 0 aromatic rings. The third-order valence-corrected chi connectivity index (χ3v) is 2.92. The van der Waals surface area contributed by atoms with Crippen LogP contribution < -0.4 is 5.32 Å². The molecule has 3 heteroatoms. The van der Waals surface area contributed by atoms with E-state index in [1.807, 2.05) is 11.9 Å². The Bertz CT molecular complexity index is 189. The summed E-state index contributed by atoms with van der Waals surface area (Å²) in [4.78, 5) is 13.0. The first-order chi connectivity index (χ1) is 5.75. The highest BCUT2D eigenvalue weighted by Gasteiger charge is 2.29. The van der Waals surface area contributed by atoms with E-state index in [9.17, 15) is 4.79 Å². The SMILES string of the molecule is CN1CC(NC2CCC2)CC1=O. The fourth-order valence-corrected chi connectivity index (χ4v) is 1.88. The summed E-state index contributed by atoms with van der Waals surface area (Å²) in [5.74, 6) is 0.284. The molecule has 1 N–H and O–H groups in total. The Morgan fingerprint density at radius 1 is 1.42 bits per heavy atom. The maximum atomic E-state index is 11.2. The fraction of sp³-hybridized carbons (Fsp3) is 0.889. The molecule has 2 fully saturated rings. The molecule has 1 heterocycles. The van der Waals surface area contributed by atoms with Crippen molar-refractivity contribution in [2.75, 3.05) is 13.6 Å². The first-order valence-corrected chi connectivity index (χ1v) is 4.76. The van der Waals surface area contributed by atoms with Crippen molar-refractivity contribution < 1.29 is 4.79 Å². The summed E-state index contributed by atoms with van der Waals surface area (Å²) in [6.45, 7) is 0.898. The van der Waals surface area contributed by atoms with Crippen LogP contribution in [0, 0.1) is 0 Å². The van der Waals surface area contributed by atoms with E-state index in [4.69, 9.17) is 0 Å². The van der Waals surface area contributed by atoms with Crippen molar-refractivity contribution in [2.24, 2.45) is 0 Å². The van der Waals surface area contributed by atoms with Crippen LogP contribution in [0.1, 0.15) is 25.7 Å². The zero-order valence-corrected chi connectivity index (χ0v) is 7.55. The number of nitrogens with zero attached hydrogens (tertiary/aromatic N) is 1. The van der Waals surface area contributed by atoms with Crippen molar-refractivity contribution in [3.63, 3.8) is 0 Å². The first kappa shape index (κ1) is 8.05. The smallest absolute Gasteiger partial charge is 0.224 e. The van der Waals surface area contributed by atoms with Crippen molar-refractivity contribution in [1.82, 2.24) is 10.2 Å². The lowest BCUT2D eigenvalue weighted by atomic mass is 9.92. The van der Waals surface area contributed by atoms with E-state index >= 15 is 0 Å². The molecule has 0 radical (unpaired) electrons. The molecule has 68 valence electrons. The topological polar surface area (TPSA) is 32.3 Å². The fourth-order valence-electron chi connectivity index (χ4n) is 1.88. The zero-order chi connectivity index (χ0) is 8.55. The molecule has 0 aromatic carbocycles. The lowest BCUT2D eigenvalue weighted by molar-refractivity contribution is -0.126. The van der Waals surface area contributed by atoms with Gasteiger partial charge in [-0.2, -0.15) is 0 Å². The zero-order valence-electron chi connectivity index (χ0n) is 7.55. The second-order valence-electron chi connectivity index (χ2n) is 3.97. The molecule has 1 amide bonds. The van der Waals surface area contributed by atoms with Crippen LogP contribution in [0.5, 0.6) is 0 Å². The number of hydrogen-bond acceptors (Lipinski definition) is 2. The van der Waals surface area contributed by atoms with Crippen molar-refractivity contribution in [3.8, 4) is 0 Å². The number of nitrogens with one attached hydrogen (secondary N) is 1. The van der Waals surface area contributed by atoms with E-state index in [1.54, 1.807) is 0 Å². The number of amides is 1. The predicted molar refractivity (Wildman–Crippen MR) is 46.8 cm³/mol. The molecule has 0 bridgehead atoms. The normalized spacial score (nSPS) is 30.9. The predicted octanol–water partition coefficient (Wildman–Crippen LogP) is 0.359. The van der Waals surface area contributed by atoms with E-state index in [0.717, 1.165) is 6.54 Å². The van der Waals surface area contributed by atoms with Gasteiger partial charge in [0.2, 0.25) is 5.91 Å². The van der Waals surface area contributed by atoms with Gasteiger partial charge < -0.3 is 10.2 Å². The van der Waals surface area contributed by atoms with E-state index in [2.05, 4.69) is 5.32 Å². The number of hydrogen-bond donors (Lipinski definition) is 1. The van der Waals surface area contributed by atoms with Crippen LogP contribution in [0.4, 0.5) is 0 Å². The van der Waals surface area contributed by atoms with Crippen LogP contribution >= 0.6 is 0 Å². The molecule has 2 aliphatic rings. The Labute approximate surface area is 73.1 Å². The van der Waals surface area contributed by atoms with Gasteiger partial charge in [-0.3, -0.25) is 4.79 Å². The van der Waals surface area contributed by atoms with Crippen LogP contribution in [0.25, 0.3) is 0 Å². The third-order valence-electron chi connectivity index (χ3n) is 2.92. The molecule has 1 saturated carbocycles. The maximum absolute atomic E-state index is 11.2. The van der Waals surface area contributed by atoms with Gasteiger partial charge in [-0.25, -0.2) is 0 Å². The summed E-state index contributed by atoms with van der Waals surface area (Å²) in [5.41, 5.74) is 0. The van der Waals surface area contributed by atoms with Crippen molar-refractivity contribution >= 4 is 5.91 Å². The standard InChI is InChI=1S/C9H16N2O/c1-11-6-8(5-9(11)12)10-7-3-2-4-7/h7-8,10H,2-6H2,1H3. The molecular formula is C9H16N2O. The van der Waals surface area contributed by atoms with Crippen molar-refractivity contribution in [2.45, 2.75) is 37.8 Å². The third kappa shape index (κ3) is 1.46. The molecule has 1 unspecified atom stereocenters. The first-order valence-electron chi connectivity index (χ1n) is 4.76. The highest BCUT2D eigenvalue weighted by atomic mass is 16.2. The summed E-state index contributed by atoms with van der Waals surface area (Å²) in [6.07, 6.45) is 4.66. The number of carbonyl (C=O) groups is 1. The molecule has 12 heavy (non-hydrogen) atoms. The van der Waals surface area contributed by atoms with Crippen molar-refractivity contribution in [1.29, 1.82) is 0 Å². The summed E-state index contributed by atoms with van der Waals surface area (Å²) in [7, 11) is 1.88. The quantitative estimate of drug-likeness (QED) is 0.645. The van der Waals surface area contributed by atoms with Crippen LogP contribution in [0.2, 0.25) is 0 Å². The van der Waals surface area contributed by atoms with Crippen LogP contribution in [0.15, 0.2) is 0 Å². The Balaban J connectivity index is 1.78. The van der Waals surface area contributed by atoms with Gasteiger partial charge in [0.1, 0.15) is 0 Å². The van der Waals surface area contributed by atoms with E-state index in [-0.39, 0.29) is 5.91 Å². The van der Waals surface area contributed by atoms with Crippen LogP contribution in [-0.4, -0.2) is 36.5 Å². The van der Waals surface area contributed by atoms with Gasteiger partial charge in [0.25, 0.3) is 0 Å². The average Bonchev–Trinajstić information content (AvgIpc) is 2.24. The molecule has 0 spiro atoms. The summed E-state index contributed by atoms with van der Waals surface area (Å²) in [6, 6.07) is 1.13. The second kappa shape index (κ2) is 3.05. The molecular weight excluding hydrogens is 152 g/mol. The molecule has 3 nitrogen and oxygen atoms in total. The number of likely N-dealkylation sites (tertiary alicyclic amines) is 1. The average molecular weight is 168 g/mol. The van der Waals surface area contributed by atoms with Crippen LogP contribution in [0.3, 0.4) is 0 Å². The Morgan fingerprint density at radius 2 is 2.17 bits per heavy atom. The lowest BCUT2D eigenvalue weighted by Gasteiger charge is -2.29. The molecule has 1 atom stereocenters. The Morgan fingerprint density at radius 3 is 2.58 bits per heavy atom. The van der Waals surface area contributed by atoms with Gasteiger partial charge in [0, 0.05) is 32.1 Å². The minimum Gasteiger partial charge on any atom is -0.344 e. The van der Waals surface area contributed by atoms with Gasteiger partial charge >= 0.3 is 0 Å². The number of carbonyl (C=O) groups excluding carboxylic acids is 1. The number of likely N-dealkylation sites (N-methyl/N-ethyl adjacent to an activating group) is 1.